The molecule has 0 aromatic carbocycles. The van der Waals surface area contributed by atoms with Crippen molar-refractivity contribution in [3.63, 3.8) is 0 Å². The van der Waals surface area contributed by atoms with Gasteiger partial charge in [-0.15, -0.1) is 0 Å². The van der Waals surface area contributed by atoms with Crippen LogP contribution in [0.4, 0.5) is 5.82 Å². The Hall–Kier alpha value is -0.990. The Morgan fingerprint density at radius 1 is 1.88 bits per heavy atom. The average molecular weight is 111 g/mol. The van der Waals surface area contributed by atoms with E-state index in [-0.39, 0.29) is 0 Å². The van der Waals surface area contributed by atoms with Crippen molar-refractivity contribution >= 4 is 5.82 Å². The fraction of sp³-hybridized carbons (Fsp3) is 0.400. The number of hydrogen-bond donors (Lipinski definition) is 1. The van der Waals surface area contributed by atoms with E-state index in [1.807, 2.05) is 11.5 Å². The van der Waals surface area contributed by atoms with E-state index < -0.39 is 0 Å². The van der Waals surface area contributed by atoms with Crippen LogP contribution in [0.2, 0.25) is 0 Å². The molecular formula is C5H9N3. The van der Waals surface area contributed by atoms with Crippen molar-refractivity contribution in [2.45, 2.75) is 13.5 Å². The van der Waals surface area contributed by atoms with Crippen LogP contribution in [0.3, 0.4) is 0 Å². The maximum absolute atomic E-state index is 5.45. The van der Waals surface area contributed by atoms with Gasteiger partial charge >= 0.3 is 0 Å². The summed E-state index contributed by atoms with van der Waals surface area (Å²) >= 11 is 0. The second kappa shape index (κ2) is 1.86. The van der Waals surface area contributed by atoms with Crippen molar-refractivity contribution in [3.05, 3.63) is 12.5 Å². The summed E-state index contributed by atoms with van der Waals surface area (Å²) in [6, 6.07) is 0. The number of anilines is 1. The lowest BCUT2D eigenvalue weighted by molar-refractivity contribution is 0.771. The maximum Gasteiger partial charge on any atom is 0.123 e. The van der Waals surface area contributed by atoms with Crippen molar-refractivity contribution in [3.8, 4) is 0 Å². The molecule has 44 valence electrons. The Kier molecular flexibility index (Phi) is 1.20. The molecule has 0 saturated carbocycles. The lowest BCUT2D eigenvalue weighted by Gasteiger charge is -1.95. The number of nitrogens with two attached hydrogens (primary N) is 1. The fourth-order valence-electron chi connectivity index (χ4n) is 0.595. The van der Waals surface area contributed by atoms with Gasteiger partial charge in [0.15, 0.2) is 0 Å². The first kappa shape index (κ1) is 5.15. The molecule has 0 radical (unpaired) electrons. The van der Waals surface area contributed by atoms with Gasteiger partial charge in [0.2, 0.25) is 0 Å². The first-order valence-corrected chi connectivity index (χ1v) is 2.60. The predicted molar refractivity (Wildman–Crippen MR) is 32.3 cm³/mol. The van der Waals surface area contributed by atoms with Crippen LogP contribution >= 0.6 is 0 Å². The molecule has 0 aliphatic rings. The van der Waals surface area contributed by atoms with Crippen molar-refractivity contribution in [1.29, 1.82) is 0 Å². The molecule has 0 aliphatic carbocycles. The summed E-state index contributed by atoms with van der Waals surface area (Å²) in [6.45, 7) is 2.92. The van der Waals surface area contributed by atoms with Crippen molar-refractivity contribution < 1.29 is 0 Å². The molecule has 0 amide bonds. The van der Waals surface area contributed by atoms with E-state index in [2.05, 4.69) is 4.98 Å². The van der Waals surface area contributed by atoms with E-state index in [4.69, 9.17) is 5.73 Å². The van der Waals surface area contributed by atoms with E-state index >= 15 is 0 Å². The molecule has 1 rings (SSSR count). The van der Waals surface area contributed by atoms with Crippen LogP contribution in [-0.4, -0.2) is 9.55 Å². The molecule has 3 nitrogen and oxygen atoms in total. The van der Waals surface area contributed by atoms with E-state index in [0.29, 0.717) is 0 Å². The van der Waals surface area contributed by atoms with Crippen molar-refractivity contribution in [1.82, 2.24) is 9.55 Å². The number of imidazole rings is 1. The molecule has 1 aromatic heterocycles. The summed E-state index contributed by atoms with van der Waals surface area (Å²) in [6.07, 6.45) is 3.36. The van der Waals surface area contributed by atoms with Gasteiger partial charge in [-0.25, -0.2) is 4.98 Å². The highest BCUT2D eigenvalue weighted by Gasteiger charge is 1.89. The van der Waals surface area contributed by atoms with Gasteiger partial charge < -0.3 is 10.3 Å². The minimum atomic E-state index is 0.729. The molecule has 0 bridgehead atoms. The zero-order valence-corrected chi connectivity index (χ0v) is 4.83. The lowest BCUT2D eigenvalue weighted by atomic mass is 10.7. The first-order valence-electron chi connectivity index (χ1n) is 2.60. The molecule has 0 spiro atoms. The first-order chi connectivity index (χ1) is 3.84. The summed E-state index contributed by atoms with van der Waals surface area (Å²) < 4.78 is 1.88. The maximum atomic E-state index is 5.45. The molecule has 0 unspecified atom stereocenters. The summed E-state index contributed by atoms with van der Waals surface area (Å²) in [5, 5.41) is 0. The summed E-state index contributed by atoms with van der Waals surface area (Å²) in [5.74, 6) is 0.729. The Labute approximate surface area is 48.1 Å². The summed E-state index contributed by atoms with van der Waals surface area (Å²) in [5.41, 5.74) is 5.45. The topological polar surface area (TPSA) is 43.8 Å². The van der Waals surface area contributed by atoms with Gasteiger partial charge in [-0.3, -0.25) is 0 Å². The van der Waals surface area contributed by atoms with Crippen molar-refractivity contribution in [2.75, 3.05) is 5.73 Å². The predicted octanol–water partition coefficient (Wildman–Crippen LogP) is 0.485. The third kappa shape index (κ3) is 0.665. The quantitative estimate of drug-likeness (QED) is 0.573. The highest BCUT2D eigenvalue weighted by molar-refractivity contribution is 5.24. The third-order valence-corrected chi connectivity index (χ3v) is 1.09. The normalized spacial score (nSPS) is 9.62. The van der Waals surface area contributed by atoms with Crippen LogP contribution in [-0.2, 0) is 6.54 Å². The lowest BCUT2D eigenvalue weighted by Crippen LogP contribution is -1.97. The SMILES string of the molecule is CCn1cncc1N. The monoisotopic (exact) mass is 111 g/mol. The smallest absolute Gasteiger partial charge is 0.123 e. The van der Waals surface area contributed by atoms with Gasteiger partial charge in [-0.2, -0.15) is 0 Å². The molecule has 0 aliphatic heterocycles. The molecule has 0 fully saturated rings. The van der Waals surface area contributed by atoms with E-state index in [9.17, 15) is 0 Å². The van der Waals surface area contributed by atoms with Crippen molar-refractivity contribution in [2.24, 2.45) is 0 Å². The standard InChI is InChI=1S/C5H9N3/c1-2-8-4-7-3-5(8)6/h3-4H,2,6H2,1H3. The molecular weight excluding hydrogens is 102 g/mol. The largest absolute Gasteiger partial charge is 0.384 e. The van der Waals surface area contributed by atoms with E-state index in [1.165, 1.54) is 0 Å². The van der Waals surface area contributed by atoms with E-state index in [1.54, 1.807) is 12.5 Å². The molecule has 2 N–H and O–H groups in total. The second-order valence-corrected chi connectivity index (χ2v) is 1.60. The van der Waals surface area contributed by atoms with Crippen LogP contribution in [0.25, 0.3) is 0 Å². The van der Waals surface area contributed by atoms with Gasteiger partial charge in [-0.05, 0) is 6.92 Å². The molecule has 0 saturated heterocycles. The van der Waals surface area contributed by atoms with Gasteiger partial charge in [0.1, 0.15) is 5.82 Å². The molecule has 0 atom stereocenters. The average Bonchev–Trinajstić information content (AvgIpc) is 2.14. The Balaban J connectivity index is 2.92. The van der Waals surface area contributed by atoms with Gasteiger partial charge in [-0.1, -0.05) is 0 Å². The highest BCUT2D eigenvalue weighted by atomic mass is 15.1. The number of aryl methyl sites for hydroxylation is 1. The van der Waals surface area contributed by atoms with Crippen LogP contribution in [0, 0.1) is 0 Å². The van der Waals surface area contributed by atoms with Crippen LogP contribution in [0.15, 0.2) is 12.5 Å². The Morgan fingerprint density at radius 2 is 2.62 bits per heavy atom. The fourth-order valence-corrected chi connectivity index (χ4v) is 0.595. The van der Waals surface area contributed by atoms with Gasteiger partial charge in [0, 0.05) is 6.54 Å². The van der Waals surface area contributed by atoms with Crippen LogP contribution in [0.1, 0.15) is 6.92 Å². The van der Waals surface area contributed by atoms with Crippen LogP contribution < -0.4 is 5.73 Å². The minimum absolute atomic E-state index is 0.729. The number of nitrogen functional groups attached to an aromatic ring is 1. The number of nitrogens with zero attached hydrogens (tertiary/aromatic N) is 2. The molecule has 1 heterocycles. The second-order valence-electron chi connectivity index (χ2n) is 1.60. The van der Waals surface area contributed by atoms with Crippen LogP contribution in [0.5, 0.6) is 0 Å². The minimum Gasteiger partial charge on any atom is -0.384 e. The summed E-state index contributed by atoms with van der Waals surface area (Å²) in [7, 11) is 0. The Morgan fingerprint density at radius 3 is 2.88 bits per heavy atom. The molecule has 3 heteroatoms. The van der Waals surface area contributed by atoms with Gasteiger partial charge in [0.25, 0.3) is 0 Å². The summed E-state index contributed by atoms with van der Waals surface area (Å²) in [4.78, 5) is 3.83. The highest BCUT2D eigenvalue weighted by Crippen LogP contribution is 1.97. The zero-order valence-electron chi connectivity index (χ0n) is 4.83. The van der Waals surface area contributed by atoms with E-state index in [0.717, 1.165) is 12.4 Å². The number of hydrogen-bond acceptors (Lipinski definition) is 2. The molecule has 1 aromatic rings. The Bertz CT molecular complexity index is 168. The molecule has 8 heavy (non-hydrogen) atoms. The van der Waals surface area contributed by atoms with Gasteiger partial charge in [0.05, 0.1) is 12.5 Å². The third-order valence-electron chi connectivity index (χ3n) is 1.09. The number of aromatic nitrogens is 2. The zero-order chi connectivity index (χ0) is 5.98. The number of rotatable bonds is 1.